The van der Waals surface area contributed by atoms with Crippen LogP contribution in [-0.2, 0) is 7.05 Å². The molecule has 1 unspecified atom stereocenters. The molecule has 4 heterocycles. The molecule has 10 heteroatoms. The molecule has 0 spiro atoms. The number of fused-ring (bicyclic) bond motifs is 1. The smallest absolute Gasteiger partial charge is 0.270 e. The minimum atomic E-state index is -0.220. The van der Waals surface area contributed by atoms with Crippen LogP contribution in [0.3, 0.4) is 0 Å². The van der Waals surface area contributed by atoms with E-state index in [-0.39, 0.29) is 23.7 Å². The van der Waals surface area contributed by atoms with Gasteiger partial charge >= 0.3 is 0 Å². The first kappa shape index (κ1) is 25.1. The molecule has 0 radical (unpaired) electrons. The predicted octanol–water partition coefficient (Wildman–Crippen LogP) is 4.44. The maximum absolute atomic E-state index is 12.9. The lowest BCUT2D eigenvalue weighted by molar-refractivity contribution is 0.110. The van der Waals surface area contributed by atoms with E-state index < -0.39 is 0 Å². The van der Waals surface area contributed by atoms with Crippen LogP contribution in [0.2, 0.25) is 0 Å². The number of hydrogen-bond acceptors (Lipinski definition) is 8. The second-order valence-electron chi connectivity index (χ2n) is 10.6. The Bertz CT molecular complexity index is 1620. The van der Waals surface area contributed by atoms with Crippen LogP contribution in [0.4, 0.5) is 11.5 Å². The van der Waals surface area contributed by atoms with Crippen LogP contribution >= 0.6 is 0 Å². The summed E-state index contributed by atoms with van der Waals surface area (Å²) in [5.74, 6) is 2.88. The van der Waals surface area contributed by atoms with Gasteiger partial charge in [-0.05, 0) is 56.5 Å². The van der Waals surface area contributed by atoms with Gasteiger partial charge in [-0.1, -0.05) is 23.9 Å². The zero-order chi connectivity index (χ0) is 27.3. The third-order valence-electron chi connectivity index (χ3n) is 7.91. The second-order valence-corrected chi connectivity index (χ2v) is 10.6. The maximum Gasteiger partial charge on any atom is 0.270 e. The van der Waals surface area contributed by atoms with Gasteiger partial charge in [0.2, 0.25) is 11.4 Å². The zero-order valence-corrected chi connectivity index (χ0v) is 22.5. The molecule has 2 aliphatic rings. The Morgan fingerprint density at radius 3 is 2.54 bits per heavy atom. The molecule has 2 fully saturated rings. The number of rotatable bonds is 6. The Kier molecular flexibility index (Phi) is 6.31. The van der Waals surface area contributed by atoms with Gasteiger partial charge in [0.25, 0.3) is 11.4 Å². The average molecular weight is 526 g/mol. The first-order chi connectivity index (χ1) is 18.9. The van der Waals surface area contributed by atoms with Gasteiger partial charge in [-0.3, -0.25) is 9.69 Å². The molecule has 3 aromatic heterocycles. The van der Waals surface area contributed by atoms with Crippen molar-refractivity contribution in [3.05, 3.63) is 81.5 Å². The molecule has 6 rings (SSSR count). The molecule has 1 saturated carbocycles. The van der Waals surface area contributed by atoms with Crippen molar-refractivity contribution in [1.29, 1.82) is 0 Å². The summed E-state index contributed by atoms with van der Waals surface area (Å²) in [5.41, 5.74) is 3.08. The van der Waals surface area contributed by atoms with E-state index in [0.717, 1.165) is 35.7 Å². The Hall–Kier alpha value is -4.23. The lowest BCUT2D eigenvalue weighted by Gasteiger charge is -2.47. The molecule has 3 atom stereocenters. The number of piperazine rings is 1. The molecule has 0 bridgehead atoms. The molecule has 39 heavy (non-hydrogen) atoms. The minimum absolute atomic E-state index is 0.0430. The van der Waals surface area contributed by atoms with Gasteiger partial charge in [0.05, 0.1) is 18.3 Å². The fourth-order valence-corrected chi connectivity index (χ4v) is 5.56. The Morgan fingerprint density at radius 1 is 1.08 bits per heavy atom. The van der Waals surface area contributed by atoms with Crippen molar-refractivity contribution in [2.45, 2.75) is 50.7 Å². The van der Waals surface area contributed by atoms with E-state index in [1.54, 1.807) is 36.9 Å². The van der Waals surface area contributed by atoms with E-state index in [9.17, 15) is 4.79 Å². The summed E-state index contributed by atoms with van der Waals surface area (Å²) in [6.45, 7) is 13.1. The largest absolute Gasteiger partial charge is 0.497 e. The number of nitrogens with zero attached hydrogens (tertiary/aromatic N) is 7. The summed E-state index contributed by atoms with van der Waals surface area (Å²) >= 11 is 0. The Balaban J connectivity index is 1.37. The van der Waals surface area contributed by atoms with E-state index in [1.807, 2.05) is 12.1 Å². The zero-order valence-electron chi connectivity index (χ0n) is 22.5. The summed E-state index contributed by atoms with van der Waals surface area (Å²) in [6, 6.07) is 13.0. The third-order valence-corrected chi connectivity index (χ3v) is 7.91. The highest BCUT2D eigenvalue weighted by Gasteiger charge is 2.39. The monoisotopic (exact) mass is 525 g/mol. The molecule has 1 aliphatic carbocycles. The van der Waals surface area contributed by atoms with E-state index >= 15 is 0 Å². The summed E-state index contributed by atoms with van der Waals surface area (Å²) in [5, 5.41) is 4.31. The van der Waals surface area contributed by atoms with Crippen molar-refractivity contribution in [3.63, 3.8) is 0 Å². The van der Waals surface area contributed by atoms with Crippen molar-refractivity contribution in [1.82, 2.24) is 24.6 Å². The highest BCUT2D eigenvalue weighted by Crippen LogP contribution is 2.40. The minimum Gasteiger partial charge on any atom is -0.497 e. The first-order valence-corrected chi connectivity index (χ1v) is 13.3. The molecular weight excluding hydrogens is 494 g/mol. The van der Waals surface area contributed by atoms with E-state index in [0.29, 0.717) is 41.7 Å². The lowest BCUT2D eigenvalue weighted by Crippen LogP contribution is -2.57. The number of anilines is 1. The summed E-state index contributed by atoms with van der Waals surface area (Å²) in [7, 11) is 3.39. The van der Waals surface area contributed by atoms with E-state index in [4.69, 9.17) is 20.8 Å². The summed E-state index contributed by atoms with van der Waals surface area (Å²) in [6.07, 6.45) is 2.21. The molecular formula is C29H31N7O3. The quantitative estimate of drug-likeness (QED) is 0.341. The van der Waals surface area contributed by atoms with Crippen molar-refractivity contribution in [2.75, 3.05) is 25.1 Å². The van der Waals surface area contributed by atoms with Gasteiger partial charge in [0, 0.05) is 44.2 Å². The average Bonchev–Trinajstić information content (AvgIpc) is 3.70. The van der Waals surface area contributed by atoms with Crippen LogP contribution in [0.1, 0.15) is 55.9 Å². The predicted molar refractivity (Wildman–Crippen MR) is 147 cm³/mol. The molecule has 200 valence electrons. The second kappa shape index (κ2) is 9.82. The number of aromatic nitrogens is 4. The fraction of sp³-hybridized carbons (Fsp3) is 0.414. The van der Waals surface area contributed by atoms with E-state index in [1.165, 1.54) is 0 Å². The maximum atomic E-state index is 12.9. The molecule has 0 amide bonds. The van der Waals surface area contributed by atoms with Crippen molar-refractivity contribution >= 4 is 22.5 Å². The summed E-state index contributed by atoms with van der Waals surface area (Å²) < 4.78 is 12.8. The van der Waals surface area contributed by atoms with Crippen LogP contribution in [-0.4, -0.2) is 56.9 Å². The SMILES string of the molecule is [C-]#[N+]c1ccc2c(n1)c(N1C[C@@H](C)N(C(c3ccc(OC)cc3)c3nc(C4CC4)no3)C[C@@H]1C)cc(=O)n2C. The standard InChI is InChI=1S/C29H31N7O3/c1-17-16-36(27(19-8-10-21(38-5)11-9-19)29-32-28(33-39-29)20-6-7-20)18(2)15-35(17)23-14-25(37)34(4)22-12-13-24(30-3)31-26(22)23/h8-14,17-18,20,27H,6-7,15-16H2,1-2,4-5H3/t17-,18+,27?/m0/s1. The fourth-order valence-electron chi connectivity index (χ4n) is 5.56. The normalized spacial score (nSPS) is 20.6. The third kappa shape index (κ3) is 4.53. The number of pyridine rings is 2. The van der Waals surface area contributed by atoms with Crippen LogP contribution in [0, 0.1) is 6.57 Å². The topological polar surface area (TPSA) is 93.9 Å². The first-order valence-electron chi connectivity index (χ1n) is 13.3. The van der Waals surface area contributed by atoms with Gasteiger partial charge in [-0.25, -0.2) is 0 Å². The molecule has 4 aromatic rings. The molecule has 1 aromatic carbocycles. The van der Waals surface area contributed by atoms with Crippen LogP contribution in [0.15, 0.2) is 51.8 Å². The highest BCUT2D eigenvalue weighted by atomic mass is 16.5. The van der Waals surface area contributed by atoms with E-state index in [2.05, 4.69) is 50.8 Å². The van der Waals surface area contributed by atoms with Gasteiger partial charge in [-0.15, -0.1) is 4.98 Å². The van der Waals surface area contributed by atoms with Gasteiger partial charge in [0.1, 0.15) is 11.8 Å². The van der Waals surface area contributed by atoms with Crippen molar-refractivity contribution in [3.8, 4) is 5.75 Å². The Labute approximate surface area is 226 Å². The number of methoxy groups -OCH3 is 1. The van der Waals surface area contributed by atoms with Crippen LogP contribution in [0.25, 0.3) is 15.9 Å². The Morgan fingerprint density at radius 2 is 1.85 bits per heavy atom. The number of benzene rings is 1. The number of ether oxygens (including phenoxy) is 1. The lowest BCUT2D eigenvalue weighted by atomic mass is 9.98. The molecule has 1 aliphatic heterocycles. The van der Waals surface area contributed by atoms with Crippen LogP contribution in [0.5, 0.6) is 5.75 Å². The van der Waals surface area contributed by atoms with Gasteiger partial charge in [-0.2, -0.15) is 4.98 Å². The van der Waals surface area contributed by atoms with Gasteiger partial charge in [0.15, 0.2) is 5.82 Å². The highest BCUT2D eigenvalue weighted by molar-refractivity contribution is 5.89. The number of hydrogen-bond donors (Lipinski definition) is 0. The molecule has 1 saturated heterocycles. The molecule has 0 N–H and O–H groups in total. The van der Waals surface area contributed by atoms with Crippen molar-refractivity contribution in [2.24, 2.45) is 7.05 Å². The van der Waals surface area contributed by atoms with Crippen LogP contribution < -0.4 is 15.2 Å². The molecule has 10 nitrogen and oxygen atoms in total. The number of aryl methyl sites for hydroxylation is 1. The summed E-state index contributed by atoms with van der Waals surface area (Å²) in [4.78, 5) is 30.5. The van der Waals surface area contributed by atoms with Gasteiger partial charge < -0.3 is 23.6 Å². The van der Waals surface area contributed by atoms with Crippen molar-refractivity contribution < 1.29 is 9.26 Å².